The van der Waals surface area contributed by atoms with Crippen LogP contribution in [0.15, 0.2) is 41.0 Å². The summed E-state index contributed by atoms with van der Waals surface area (Å²) in [5, 5.41) is 4.15. The molecule has 2 rings (SSSR count). The van der Waals surface area contributed by atoms with Gasteiger partial charge in [-0.25, -0.2) is 0 Å². The fraction of sp³-hybridized carbons (Fsp3) is 0.375. The molecule has 0 saturated heterocycles. The van der Waals surface area contributed by atoms with Crippen molar-refractivity contribution in [3.05, 3.63) is 52.9 Å². The zero-order valence-corrected chi connectivity index (χ0v) is 12.9. The van der Waals surface area contributed by atoms with Gasteiger partial charge in [0.1, 0.15) is 5.76 Å². The fourth-order valence-electron chi connectivity index (χ4n) is 2.25. The molecular weight excluding hydrogens is 272 g/mol. The van der Waals surface area contributed by atoms with Crippen molar-refractivity contribution < 1.29 is 4.42 Å². The molecule has 0 radical (unpaired) electrons. The predicted molar refractivity (Wildman–Crippen MR) is 84.4 cm³/mol. The van der Waals surface area contributed by atoms with Gasteiger partial charge in [-0.05, 0) is 43.3 Å². The summed E-state index contributed by atoms with van der Waals surface area (Å²) in [7, 11) is 2.01. The Morgan fingerprint density at radius 3 is 2.75 bits per heavy atom. The van der Waals surface area contributed by atoms with Gasteiger partial charge in [0, 0.05) is 13.1 Å². The number of rotatable bonds is 6. The Hall–Kier alpha value is -1.45. The topological polar surface area (TPSA) is 28.4 Å². The second-order valence-corrected chi connectivity index (χ2v) is 5.33. The molecule has 0 fully saturated rings. The molecule has 1 aromatic carbocycles. The Bertz CT molecular complexity index is 539. The van der Waals surface area contributed by atoms with Gasteiger partial charge in [-0.1, -0.05) is 24.6 Å². The van der Waals surface area contributed by atoms with Crippen LogP contribution in [0, 0.1) is 0 Å². The van der Waals surface area contributed by atoms with Gasteiger partial charge in [-0.3, -0.25) is 0 Å². The average Bonchev–Trinajstić information content (AvgIpc) is 2.91. The van der Waals surface area contributed by atoms with E-state index in [1.165, 1.54) is 5.56 Å². The summed E-state index contributed by atoms with van der Waals surface area (Å²) in [6, 6.07) is 10.4. The van der Waals surface area contributed by atoms with E-state index < -0.39 is 0 Å². The first-order chi connectivity index (χ1) is 9.61. The molecule has 20 heavy (non-hydrogen) atoms. The lowest BCUT2D eigenvalue weighted by Crippen LogP contribution is -2.19. The fourth-order valence-corrected chi connectivity index (χ4v) is 2.58. The Morgan fingerprint density at radius 1 is 1.35 bits per heavy atom. The first kappa shape index (κ1) is 14.9. The highest BCUT2D eigenvalue weighted by Crippen LogP contribution is 2.29. The molecule has 3 nitrogen and oxygen atoms in total. The van der Waals surface area contributed by atoms with Crippen molar-refractivity contribution in [2.24, 2.45) is 0 Å². The molecule has 2 aromatic rings. The lowest BCUT2D eigenvalue weighted by Gasteiger charge is -2.21. The minimum atomic E-state index is 0.307. The SMILES string of the molecule is CCNC(C)c1ccc(N(C)Cc2ccco2)c(Cl)c1. The summed E-state index contributed by atoms with van der Waals surface area (Å²) in [5.74, 6) is 0.925. The van der Waals surface area contributed by atoms with Crippen molar-refractivity contribution in [1.29, 1.82) is 0 Å². The maximum atomic E-state index is 6.41. The lowest BCUT2D eigenvalue weighted by molar-refractivity contribution is 0.507. The molecule has 1 atom stereocenters. The number of hydrogen-bond acceptors (Lipinski definition) is 3. The monoisotopic (exact) mass is 292 g/mol. The zero-order valence-electron chi connectivity index (χ0n) is 12.2. The Balaban J connectivity index is 2.12. The van der Waals surface area contributed by atoms with E-state index >= 15 is 0 Å². The van der Waals surface area contributed by atoms with Crippen LogP contribution < -0.4 is 10.2 Å². The largest absolute Gasteiger partial charge is 0.467 e. The van der Waals surface area contributed by atoms with Crippen LogP contribution in [-0.2, 0) is 6.54 Å². The molecule has 4 heteroatoms. The summed E-state index contributed by atoms with van der Waals surface area (Å²) in [4.78, 5) is 2.09. The van der Waals surface area contributed by atoms with Gasteiger partial charge in [0.15, 0.2) is 0 Å². The van der Waals surface area contributed by atoms with Crippen molar-refractivity contribution in [2.75, 3.05) is 18.5 Å². The normalized spacial score (nSPS) is 12.4. The van der Waals surface area contributed by atoms with E-state index in [1.54, 1.807) is 6.26 Å². The maximum absolute atomic E-state index is 6.41. The van der Waals surface area contributed by atoms with E-state index in [0.717, 1.165) is 23.0 Å². The van der Waals surface area contributed by atoms with Crippen LogP contribution >= 0.6 is 11.6 Å². The molecule has 1 heterocycles. The van der Waals surface area contributed by atoms with E-state index in [1.807, 2.05) is 25.2 Å². The molecule has 0 saturated carbocycles. The van der Waals surface area contributed by atoms with Crippen molar-refractivity contribution >= 4 is 17.3 Å². The Kier molecular flexibility index (Phi) is 5.10. The molecule has 0 aliphatic carbocycles. The van der Waals surface area contributed by atoms with Crippen molar-refractivity contribution in [3.8, 4) is 0 Å². The quantitative estimate of drug-likeness (QED) is 0.863. The van der Waals surface area contributed by atoms with E-state index in [-0.39, 0.29) is 0 Å². The molecule has 0 amide bonds. The molecule has 1 aromatic heterocycles. The van der Waals surface area contributed by atoms with Crippen LogP contribution in [-0.4, -0.2) is 13.6 Å². The van der Waals surface area contributed by atoms with Gasteiger partial charge in [0.25, 0.3) is 0 Å². The highest BCUT2D eigenvalue weighted by atomic mass is 35.5. The Morgan fingerprint density at radius 2 is 2.15 bits per heavy atom. The van der Waals surface area contributed by atoms with Crippen molar-refractivity contribution in [1.82, 2.24) is 5.32 Å². The molecule has 0 spiro atoms. The number of halogens is 1. The number of nitrogens with zero attached hydrogens (tertiary/aromatic N) is 1. The van der Waals surface area contributed by atoms with Crippen LogP contribution in [0.5, 0.6) is 0 Å². The van der Waals surface area contributed by atoms with Gasteiger partial charge in [0.05, 0.1) is 23.5 Å². The summed E-state index contributed by atoms with van der Waals surface area (Å²) in [5.41, 5.74) is 2.21. The number of benzene rings is 1. The van der Waals surface area contributed by atoms with Gasteiger partial charge < -0.3 is 14.6 Å². The third kappa shape index (κ3) is 3.56. The highest BCUT2D eigenvalue weighted by molar-refractivity contribution is 6.33. The van der Waals surface area contributed by atoms with Gasteiger partial charge in [-0.2, -0.15) is 0 Å². The maximum Gasteiger partial charge on any atom is 0.123 e. The van der Waals surface area contributed by atoms with Crippen LogP contribution in [0.4, 0.5) is 5.69 Å². The molecule has 0 aliphatic rings. The second kappa shape index (κ2) is 6.82. The number of nitrogens with one attached hydrogen (secondary N) is 1. The first-order valence-corrected chi connectivity index (χ1v) is 7.26. The minimum Gasteiger partial charge on any atom is -0.467 e. The van der Waals surface area contributed by atoms with Gasteiger partial charge in [0.2, 0.25) is 0 Å². The smallest absolute Gasteiger partial charge is 0.123 e. The van der Waals surface area contributed by atoms with Crippen LogP contribution in [0.2, 0.25) is 5.02 Å². The van der Waals surface area contributed by atoms with Crippen LogP contribution in [0.3, 0.4) is 0 Å². The molecule has 1 N–H and O–H groups in total. The number of furan rings is 1. The van der Waals surface area contributed by atoms with Crippen molar-refractivity contribution in [3.63, 3.8) is 0 Å². The standard InChI is InChI=1S/C16H21ClN2O/c1-4-18-12(2)13-7-8-16(15(17)10-13)19(3)11-14-6-5-9-20-14/h5-10,12,18H,4,11H2,1-3H3. The lowest BCUT2D eigenvalue weighted by atomic mass is 10.1. The van der Waals surface area contributed by atoms with Crippen molar-refractivity contribution in [2.45, 2.75) is 26.4 Å². The molecule has 108 valence electrons. The van der Waals surface area contributed by atoms with E-state index in [4.69, 9.17) is 16.0 Å². The predicted octanol–water partition coefficient (Wildman–Crippen LogP) is 4.24. The van der Waals surface area contributed by atoms with Gasteiger partial charge in [-0.15, -0.1) is 0 Å². The highest BCUT2D eigenvalue weighted by Gasteiger charge is 2.11. The average molecular weight is 293 g/mol. The van der Waals surface area contributed by atoms with Gasteiger partial charge >= 0.3 is 0 Å². The van der Waals surface area contributed by atoms with E-state index in [0.29, 0.717) is 12.6 Å². The molecule has 0 aliphatic heterocycles. The number of hydrogen-bond donors (Lipinski definition) is 1. The molecule has 1 unspecified atom stereocenters. The molecule has 0 bridgehead atoms. The summed E-state index contributed by atoms with van der Waals surface area (Å²) in [6.07, 6.45) is 1.69. The Labute approximate surface area is 125 Å². The van der Waals surface area contributed by atoms with Crippen LogP contribution in [0.25, 0.3) is 0 Å². The summed E-state index contributed by atoms with van der Waals surface area (Å²) < 4.78 is 5.36. The summed E-state index contributed by atoms with van der Waals surface area (Å²) >= 11 is 6.41. The third-order valence-electron chi connectivity index (χ3n) is 3.37. The molecular formula is C16H21ClN2O. The minimum absolute atomic E-state index is 0.307. The van der Waals surface area contributed by atoms with Crippen LogP contribution in [0.1, 0.15) is 31.2 Å². The second-order valence-electron chi connectivity index (χ2n) is 4.93. The first-order valence-electron chi connectivity index (χ1n) is 6.88. The number of anilines is 1. The third-order valence-corrected chi connectivity index (χ3v) is 3.67. The summed E-state index contributed by atoms with van der Waals surface area (Å²) in [6.45, 7) is 5.89. The van der Waals surface area contributed by atoms with E-state index in [9.17, 15) is 0 Å². The van der Waals surface area contributed by atoms with E-state index in [2.05, 4.69) is 36.2 Å². The zero-order chi connectivity index (χ0) is 14.5.